The molecule has 0 radical (unpaired) electrons. The van der Waals surface area contributed by atoms with E-state index in [0.717, 1.165) is 12.8 Å². The average Bonchev–Trinajstić information content (AvgIpc) is 2.04. The Labute approximate surface area is 77.8 Å². The summed E-state index contributed by atoms with van der Waals surface area (Å²) in [5.41, 5.74) is 0. The van der Waals surface area contributed by atoms with Crippen LogP contribution in [0.1, 0.15) is 25.7 Å². The third-order valence-corrected chi connectivity index (χ3v) is 3.60. The SMILES string of the molecule is O=C1[C@@H](Br)CCCC[C@@H]1Br. The number of carbonyl (C=O) groups excluding carboxylic acids is 1. The highest BCUT2D eigenvalue weighted by Gasteiger charge is 2.24. The summed E-state index contributed by atoms with van der Waals surface area (Å²) in [5, 5.41) is 0. The van der Waals surface area contributed by atoms with Gasteiger partial charge in [-0.2, -0.15) is 0 Å². The highest BCUT2D eigenvalue weighted by atomic mass is 79.9. The van der Waals surface area contributed by atoms with Crippen molar-refractivity contribution in [1.29, 1.82) is 0 Å². The van der Waals surface area contributed by atoms with Crippen molar-refractivity contribution in [3.05, 3.63) is 0 Å². The van der Waals surface area contributed by atoms with Crippen molar-refractivity contribution < 1.29 is 4.79 Å². The molecule has 0 spiro atoms. The molecule has 1 aliphatic carbocycles. The Morgan fingerprint density at radius 3 is 1.90 bits per heavy atom. The second-order valence-electron chi connectivity index (χ2n) is 2.62. The molecule has 0 saturated heterocycles. The fourth-order valence-electron chi connectivity index (χ4n) is 1.13. The summed E-state index contributed by atoms with van der Waals surface area (Å²) in [7, 11) is 0. The maximum Gasteiger partial charge on any atom is 0.160 e. The van der Waals surface area contributed by atoms with Crippen LogP contribution in [0.5, 0.6) is 0 Å². The predicted octanol–water partition coefficient (Wildman–Crippen LogP) is 2.66. The third-order valence-electron chi connectivity index (χ3n) is 1.78. The quantitative estimate of drug-likeness (QED) is 0.488. The lowest BCUT2D eigenvalue weighted by atomic mass is 10.2. The van der Waals surface area contributed by atoms with Crippen molar-refractivity contribution in [2.75, 3.05) is 0 Å². The summed E-state index contributed by atoms with van der Waals surface area (Å²) in [6.07, 6.45) is 4.34. The number of rotatable bonds is 0. The van der Waals surface area contributed by atoms with Crippen molar-refractivity contribution in [3.63, 3.8) is 0 Å². The zero-order valence-corrected chi connectivity index (χ0v) is 8.82. The summed E-state index contributed by atoms with van der Waals surface area (Å²) < 4.78 is 0. The zero-order chi connectivity index (χ0) is 7.56. The number of Topliss-reactive ketones (excluding diaryl/α,β-unsaturated/α-hetero) is 1. The van der Waals surface area contributed by atoms with Gasteiger partial charge in [-0.05, 0) is 12.8 Å². The first-order valence-electron chi connectivity index (χ1n) is 3.53. The lowest BCUT2D eigenvalue weighted by Gasteiger charge is -2.06. The second kappa shape index (κ2) is 3.86. The van der Waals surface area contributed by atoms with Gasteiger partial charge < -0.3 is 0 Å². The number of carbonyl (C=O) groups is 1. The van der Waals surface area contributed by atoms with Gasteiger partial charge in [0.2, 0.25) is 0 Å². The summed E-state index contributed by atoms with van der Waals surface area (Å²) >= 11 is 6.73. The molecule has 0 unspecified atom stereocenters. The Hall–Kier alpha value is 0.630. The van der Waals surface area contributed by atoms with Crippen LogP contribution < -0.4 is 0 Å². The smallest absolute Gasteiger partial charge is 0.160 e. The van der Waals surface area contributed by atoms with Crippen molar-refractivity contribution in [1.82, 2.24) is 0 Å². The van der Waals surface area contributed by atoms with Crippen LogP contribution in [-0.2, 0) is 4.79 Å². The van der Waals surface area contributed by atoms with E-state index >= 15 is 0 Å². The zero-order valence-electron chi connectivity index (χ0n) is 5.65. The molecular formula is C7H10Br2O. The largest absolute Gasteiger partial charge is 0.297 e. The molecule has 3 heteroatoms. The molecule has 1 rings (SSSR count). The Morgan fingerprint density at radius 2 is 1.50 bits per heavy atom. The molecule has 0 bridgehead atoms. The number of alkyl halides is 2. The van der Waals surface area contributed by atoms with Crippen molar-refractivity contribution >= 4 is 37.6 Å². The van der Waals surface area contributed by atoms with Gasteiger partial charge in [-0.15, -0.1) is 0 Å². The third kappa shape index (κ3) is 2.06. The molecule has 1 aliphatic rings. The first-order valence-corrected chi connectivity index (χ1v) is 5.37. The molecule has 0 aromatic heterocycles. The second-order valence-corrected chi connectivity index (χ2v) is 4.83. The minimum Gasteiger partial charge on any atom is -0.297 e. The first-order chi connectivity index (χ1) is 4.72. The van der Waals surface area contributed by atoms with E-state index in [0.29, 0.717) is 5.78 Å². The summed E-state index contributed by atoms with van der Waals surface area (Å²) in [4.78, 5) is 11.4. The van der Waals surface area contributed by atoms with Gasteiger partial charge in [0, 0.05) is 0 Å². The van der Waals surface area contributed by atoms with E-state index in [2.05, 4.69) is 31.9 Å². The molecular weight excluding hydrogens is 260 g/mol. The monoisotopic (exact) mass is 268 g/mol. The van der Waals surface area contributed by atoms with E-state index in [4.69, 9.17) is 0 Å². The topological polar surface area (TPSA) is 17.1 Å². The molecule has 0 aromatic carbocycles. The summed E-state index contributed by atoms with van der Waals surface area (Å²) in [6, 6.07) is 0. The highest BCUT2D eigenvalue weighted by Crippen LogP contribution is 2.24. The lowest BCUT2D eigenvalue weighted by Crippen LogP contribution is -2.21. The van der Waals surface area contributed by atoms with Crippen LogP contribution in [0.2, 0.25) is 0 Å². The Kier molecular flexibility index (Phi) is 3.37. The maximum absolute atomic E-state index is 11.3. The maximum atomic E-state index is 11.3. The Bertz CT molecular complexity index is 122. The predicted molar refractivity (Wildman–Crippen MR) is 48.9 cm³/mol. The fourth-order valence-corrected chi connectivity index (χ4v) is 2.77. The fraction of sp³-hybridized carbons (Fsp3) is 0.857. The Morgan fingerprint density at radius 1 is 1.10 bits per heavy atom. The number of hydrogen-bond acceptors (Lipinski definition) is 1. The van der Waals surface area contributed by atoms with E-state index in [1.807, 2.05) is 0 Å². The van der Waals surface area contributed by atoms with Gasteiger partial charge in [0.25, 0.3) is 0 Å². The first kappa shape index (κ1) is 8.72. The molecule has 0 aromatic rings. The van der Waals surface area contributed by atoms with Crippen molar-refractivity contribution in [2.24, 2.45) is 0 Å². The van der Waals surface area contributed by atoms with E-state index in [-0.39, 0.29) is 9.65 Å². The molecule has 58 valence electrons. The van der Waals surface area contributed by atoms with E-state index in [9.17, 15) is 4.79 Å². The molecule has 1 fully saturated rings. The van der Waals surface area contributed by atoms with Gasteiger partial charge in [0.15, 0.2) is 5.78 Å². The Balaban J connectivity index is 2.55. The van der Waals surface area contributed by atoms with Gasteiger partial charge in [-0.3, -0.25) is 4.79 Å². The van der Waals surface area contributed by atoms with Gasteiger partial charge in [-0.25, -0.2) is 0 Å². The van der Waals surface area contributed by atoms with Crippen LogP contribution in [0.25, 0.3) is 0 Å². The lowest BCUT2D eigenvalue weighted by molar-refractivity contribution is -0.117. The minimum atomic E-state index is 0.0966. The molecule has 1 nitrogen and oxygen atoms in total. The molecule has 0 amide bonds. The van der Waals surface area contributed by atoms with Crippen LogP contribution in [-0.4, -0.2) is 15.4 Å². The summed E-state index contributed by atoms with van der Waals surface area (Å²) in [6.45, 7) is 0. The number of ketones is 1. The molecule has 0 aliphatic heterocycles. The van der Waals surface area contributed by atoms with Crippen LogP contribution in [0, 0.1) is 0 Å². The molecule has 0 N–H and O–H groups in total. The van der Waals surface area contributed by atoms with Crippen LogP contribution in [0.4, 0.5) is 0 Å². The molecule has 0 heterocycles. The number of halogens is 2. The van der Waals surface area contributed by atoms with E-state index < -0.39 is 0 Å². The van der Waals surface area contributed by atoms with Gasteiger partial charge in [0.05, 0.1) is 9.65 Å². The van der Waals surface area contributed by atoms with Crippen molar-refractivity contribution in [3.8, 4) is 0 Å². The van der Waals surface area contributed by atoms with Crippen LogP contribution in [0.3, 0.4) is 0 Å². The number of hydrogen-bond donors (Lipinski definition) is 0. The van der Waals surface area contributed by atoms with Crippen LogP contribution >= 0.6 is 31.9 Å². The van der Waals surface area contributed by atoms with E-state index in [1.54, 1.807) is 0 Å². The minimum absolute atomic E-state index is 0.0966. The molecule has 10 heavy (non-hydrogen) atoms. The highest BCUT2D eigenvalue weighted by molar-refractivity contribution is 9.10. The summed E-state index contributed by atoms with van der Waals surface area (Å²) in [5.74, 6) is 0.317. The molecule has 1 saturated carbocycles. The molecule has 2 atom stereocenters. The van der Waals surface area contributed by atoms with Crippen LogP contribution in [0.15, 0.2) is 0 Å². The van der Waals surface area contributed by atoms with Gasteiger partial charge >= 0.3 is 0 Å². The van der Waals surface area contributed by atoms with E-state index in [1.165, 1.54) is 12.8 Å². The van der Waals surface area contributed by atoms with Gasteiger partial charge in [-0.1, -0.05) is 44.7 Å². The van der Waals surface area contributed by atoms with Crippen molar-refractivity contribution in [2.45, 2.75) is 35.3 Å². The normalized spacial score (nSPS) is 35.6. The average molecular weight is 270 g/mol. The van der Waals surface area contributed by atoms with Gasteiger partial charge in [0.1, 0.15) is 0 Å². The standard InChI is InChI=1S/C7H10Br2O/c8-5-3-1-2-4-6(9)7(5)10/h5-6H,1-4H2/t5-,6-/m0/s1.